The third-order valence-corrected chi connectivity index (χ3v) is 12.0. The normalized spacial score (nSPS) is 39.5. The Bertz CT molecular complexity index is 1640. The second-order valence-corrected chi connectivity index (χ2v) is 14.9. The smallest absolute Gasteiger partial charge is 0.193 e. The fraction of sp³-hybridized carbons (Fsp3) is 0.538. The number of carbonyl (C=O) groups excluding carboxylic acids is 2. The Morgan fingerprint density at radius 3 is 2.31 bits per heavy atom. The van der Waals surface area contributed by atoms with E-state index in [1.165, 1.54) is 12.2 Å². The summed E-state index contributed by atoms with van der Waals surface area (Å²) in [5, 5.41) is 25.3. The van der Waals surface area contributed by atoms with Gasteiger partial charge in [0.1, 0.15) is 12.8 Å². The maximum atomic E-state index is 17.6. The van der Waals surface area contributed by atoms with E-state index in [2.05, 4.69) is 43.4 Å². The van der Waals surface area contributed by atoms with E-state index >= 15 is 8.78 Å². The number of hydrogen-bond acceptors (Lipinski definition) is 7. The lowest BCUT2D eigenvalue weighted by Gasteiger charge is -2.63. The molecule has 2 aromatic rings. The van der Waals surface area contributed by atoms with Gasteiger partial charge in [0.15, 0.2) is 29.1 Å². The highest BCUT2D eigenvalue weighted by molar-refractivity contribution is 6.01. The van der Waals surface area contributed by atoms with Crippen molar-refractivity contribution in [2.75, 3.05) is 11.9 Å². The minimum atomic E-state index is -2.29. The summed E-state index contributed by atoms with van der Waals surface area (Å²) in [4.78, 5) is 25.9. The molecule has 2 aromatic carbocycles. The minimum Gasteiger partial charge on any atom is -0.390 e. The lowest BCUT2D eigenvalue weighted by molar-refractivity contribution is -0.235. The van der Waals surface area contributed by atoms with Crippen molar-refractivity contribution >= 4 is 17.3 Å². The van der Waals surface area contributed by atoms with Crippen LogP contribution in [0.2, 0.25) is 0 Å². The molecule has 0 radical (unpaired) electrons. The van der Waals surface area contributed by atoms with E-state index < -0.39 is 76.8 Å². The van der Waals surface area contributed by atoms with Crippen molar-refractivity contribution in [2.24, 2.45) is 22.7 Å². The molecule has 0 amide bonds. The first-order valence-electron chi connectivity index (χ1n) is 16.6. The highest BCUT2D eigenvalue weighted by Gasteiger charge is 2.80. The monoisotopic (exact) mass is 663 g/mol. The molecule has 3 N–H and O–H groups in total. The first-order chi connectivity index (χ1) is 22.3. The van der Waals surface area contributed by atoms with E-state index in [0.717, 1.165) is 29.3 Å². The number of aliphatic hydroxyl groups excluding tert-OH is 2. The molecular formula is C39H47F2NO6. The minimum absolute atomic E-state index is 0. The van der Waals surface area contributed by atoms with Gasteiger partial charge in [0.25, 0.3) is 0 Å². The third kappa shape index (κ3) is 4.79. The van der Waals surface area contributed by atoms with Gasteiger partial charge in [0.2, 0.25) is 0 Å². The molecule has 0 aromatic heterocycles. The molecule has 1 aliphatic heterocycles. The highest BCUT2D eigenvalue weighted by Crippen LogP contribution is 2.72. The van der Waals surface area contributed by atoms with Crippen LogP contribution in [0.4, 0.5) is 14.5 Å². The first kappa shape index (κ1) is 34.6. The number of Topliss-reactive ketones (excluding diaryl/α,β-unsaturated/α-hetero) is 1. The summed E-state index contributed by atoms with van der Waals surface area (Å²) in [6.07, 6.45) is -0.616. The molecule has 1 heterocycles. The van der Waals surface area contributed by atoms with Crippen molar-refractivity contribution in [1.29, 1.82) is 0 Å². The standard InChI is InChI=1S/C38H43F2NO6.CH4/c1-21(2)41-25-11-7-23(8-12-25)15-22-5-9-24(10-6-22)34-46-33-18-27-28-17-30(39)29-16-26(43)13-14-35(29,3)37(28,40)31(44)19-36(27,4)38(33,47-34)32(45)20-42;/h5-14,16,21,27-28,30-31,33-34,41-42,44H,15,17-20H2,1-4H3;1H4/t27-,28-,30-,31-,33+,34+,35-,36-,37-,38+;/m0./s1. The van der Waals surface area contributed by atoms with E-state index in [1.807, 2.05) is 24.3 Å². The number of fused-ring (bicyclic) bond motifs is 7. The van der Waals surface area contributed by atoms with Crippen LogP contribution in [0.1, 0.15) is 77.4 Å². The molecule has 5 aliphatic rings. The molecule has 1 saturated heterocycles. The number of rotatable bonds is 7. The van der Waals surface area contributed by atoms with Gasteiger partial charge < -0.3 is 25.0 Å². The molecule has 0 unspecified atom stereocenters. The number of alkyl halides is 2. The number of allylic oxidation sites excluding steroid dienone is 4. The first-order valence-corrected chi connectivity index (χ1v) is 16.6. The summed E-state index contributed by atoms with van der Waals surface area (Å²) in [6, 6.07) is 16.4. The van der Waals surface area contributed by atoms with E-state index in [-0.39, 0.29) is 32.3 Å². The molecule has 9 heteroatoms. The maximum absolute atomic E-state index is 17.6. The van der Waals surface area contributed by atoms with Crippen molar-refractivity contribution < 1.29 is 38.1 Å². The Hall–Kier alpha value is -3.24. The molecule has 4 aliphatic carbocycles. The molecule has 4 fully saturated rings. The van der Waals surface area contributed by atoms with Gasteiger partial charge in [-0.2, -0.15) is 0 Å². The average Bonchev–Trinajstić information content (AvgIpc) is 3.53. The topological polar surface area (TPSA) is 105 Å². The Labute approximate surface area is 281 Å². The molecule has 3 saturated carbocycles. The van der Waals surface area contributed by atoms with Gasteiger partial charge in [-0.15, -0.1) is 0 Å². The summed E-state index contributed by atoms with van der Waals surface area (Å²) in [5.74, 6) is -2.58. The summed E-state index contributed by atoms with van der Waals surface area (Å²) in [6.45, 7) is 6.70. The largest absolute Gasteiger partial charge is 0.390 e. The van der Waals surface area contributed by atoms with Crippen LogP contribution in [-0.4, -0.2) is 64.1 Å². The van der Waals surface area contributed by atoms with Crippen molar-refractivity contribution in [2.45, 2.75) is 103 Å². The third-order valence-electron chi connectivity index (χ3n) is 12.0. The maximum Gasteiger partial charge on any atom is 0.193 e. The van der Waals surface area contributed by atoms with Crippen LogP contribution in [0.3, 0.4) is 0 Å². The van der Waals surface area contributed by atoms with E-state index in [1.54, 1.807) is 13.8 Å². The number of halogens is 2. The van der Waals surface area contributed by atoms with Crippen molar-refractivity contribution in [3.05, 3.63) is 89.0 Å². The molecule has 48 heavy (non-hydrogen) atoms. The van der Waals surface area contributed by atoms with Gasteiger partial charge >= 0.3 is 0 Å². The summed E-state index contributed by atoms with van der Waals surface area (Å²) < 4.78 is 46.5. The Morgan fingerprint density at radius 1 is 1.04 bits per heavy atom. The van der Waals surface area contributed by atoms with E-state index in [4.69, 9.17) is 9.47 Å². The summed E-state index contributed by atoms with van der Waals surface area (Å²) >= 11 is 0. The zero-order valence-electron chi connectivity index (χ0n) is 27.2. The Morgan fingerprint density at radius 2 is 1.69 bits per heavy atom. The molecular weight excluding hydrogens is 616 g/mol. The Kier molecular flexibility index (Phi) is 8.63. The summed E-state index contributed by atoms with van der Waals surface area (Å²) in [5.41, 5.74) is -2.59. The highest BCUT2D eigenvalue weighted by atomic mass is 19.1. The van der Waals surface area contributed by atoms with Crippen LogP contribution in [0.15, 0.2) is 72.3 Å². The average molecular weight is 664 g/mol. The Balaban J connectivity index is 0.00000401. The van der Waals surface area contributed by atoms with Crippen molar-refractivity contribution in [3.63, 3.8) is 0 Å². The molecule has 10 atom stereocenters. The number of benzene rings is 2. The SMILES string of the molecule is C.CC(C)Nc1ccc(Cc2ccc([C@@H]3O[C@@H]4C[C@H]5[C@@H]6C[C@H](F)C7=CC(=O)C=C[C@]7(C)[C@@]6(F)[C@@H](O)C[C@]5(C)[C@]4(C(=O)CO)O3)cc2)cc1. The molecule has 7 rings (SSSR count). The van der Waals surface area contributed by atoms with Crippen LogP contribution in [0.5, 0.6) is 0 Å². The zero-order valence-corrected chi connectivity index (χ0v) is 27.2. The van der Waals surface area contributed by atoms with Gasteiger partial charge in [-0.1, -0.05) is 56.8 Å². The second kappa shape index (κ2) is 12.0. The number of carbonyl (C=O) groups is 2. The lowest BCUT2D eigenvalue weighted by atomic mass is 9.44. The predicted octanol–water partition coefficient (Wildman–Crippen LogP) is 6.38. The lowest BCUT2D eigenvalue weighted by Crippen LogP contribution is -2.70. The molecule has 0 bridgehead atoms. The number of anilines is 1. The quantitative estimate of drug-likeness (QED) is 0.316. The molecule has 258 valence electrons. The van der Waals surface area contributed by atoms with E-state index in [0.29, 0.717) is 11.6 Å². The molecule has 0 spiro atoms. The number of ether oxygens (including phenoxy) is 2. The van der Waals surface area contributed by atoms with Crippen molar-refractivity contribution in [1.82, 2.24) is 0 Å². The van der Waals surface area contributed by atoms with Gasteiger partial charge in [0.05, 0.1) is 12.2 Å². The fourth-order valence-corrected chi connectivity index (χ4v) is 9.80. The summed E-state index contributed by atoms with van der Waals surface area (Å²) in [7, 11) is 0. The van der Waals surface area contributed by atoms with Crippen LogP contribution in [-0.2, 0) is 25.5 Å². The predicted molar refractivity (Wildman–Crippen MR) is 179 cm³/mol. The van der Waals surface area contributed by atoms with Crippen LogP contribution >= 0.6 is 0 Å². The van der Waals surface area contributed by atoms with Crippen LogP contribution < -0.4 is 5.32 Å². The van der Waals surface area contributed by atoms with Gasteiger partial charge in [-0.25, -0.2) is 8.78 Å². The van der Waals surface area contributed by atoms with Gasteiger partial charge in [-0.05, 0) is 93.4 Å². The van der Waals surface area contributed by atoms with E-state index in [9.17, 15) is 19.8 Å². The number of ketones is 2. The van der Waals surface area contributed by atoms with Gasteiger partial charge in [-0.3, -0.25) is 9.59 Å². The van der Waals surface area contributed by atoms with Crippen molar-refractivity contribution in [3.8, 4) is 0 Å². The van der Waals surface area contributed by atoms with Gasteiger partial charge in [0, 0.05) is 34.0 Å². The fourth-order valence-electron chi connectivity index (χ4n) is 9.80. The van der Waals surface area contributed by atoms with Crippen LogP contribution in [0, 0.1) is 22.7 Å². The zero-order chi connectivity index (χ0) is 33.5. The number of hydrogen-bond donors (Lipinski definition) is 3. The second-order valence-electron chi connectivity index (χ2n) is 14.9. The number of nitrogens with one attached hydrogen (secondary N) is 1. The number of aliphatic hydroxyl groups is 2. The van der Waals surface area contributed by atoms with Crippen LogP contribution in [0.25, 0.3) is 0 Å². The molecule has 7 nitrogen and oxygen atoms in total.